The molecule has 1 amide bonds. The normalized spacial score (nSPS) is 13.8. The van der Waals surface area contributed by atoms with Gasteiger partial charge in [-0.1, -0.05) is 243 Å². The first-order valence-corrected chi connectivity index (χ1v) is 24.3. The minimum absolute atomic E-state index is 0.379. The highest BCUT2D eigenvalue weighted by molar-refractivity contribution is 5.80. The number of allylic oxidation sites excluding steroid dienone is 5. The number of carbonyl (C=O) groups excluding carboxylic acids is 1. The van der Waals surface area contributed by atoms with E-state index < -0.39 is 24.2 Å². The van der Waals surface area contributed by atoms with Crippen LogP contribution >= 0.6 is 0 Å². The number of carbonyl (C=O) groups is 1. The Morgan fingerprint density at radius 1 is 0.436 bits per heavy atom. The van der Waals surface area contributed by atoms with Crippen LogP contribution in [-0.2, 0) is 4.79 Å². The molecule has 0 aliphatic rings. The Hall–Kier alpha value is -1.43. The first-order valence-electron chi connectivity index (χ1n) is 24.3. The summed E-state index contributed by atoms with van der Waals surface area (Å²) in [6, 6.07) is -0.819. The van der Waals surface area contributed by atoms with Crippen LogP contribution in [0.2, 0.25) is 0 Å². The molecule has 0 aromatic heterocycles. The number of rotatable bonds is 44. The number of aliphatic hydroxyl groups excluding tert-OH is 3. The first-order chi connectivity index (χ1) is 27.1. The second kappa shape index (κ2) is 45.3. The molecule has 0 bridgehead atoms. The van der Waals surface area contributed by atoms with Gasteiger partial charge in [-0.3, -0.25) is 4.79 Å². The van der Waals surface area contributed by atoms with Crippen molar-refractivity contribution in [2.75, 3.05) is 6.61 Å². The fraction of sp³-hybridized carbons (Fsp3) is 0.860. The molecule has 0 aromatic carbocycles. The summed E-state index contributed by atoms with van der Waals surface area (Å²) in [5.41, 5.74) is 0. The Labute approximate surface area is 343 Å². The summed E-state index contributed by atoms with van der Waals surface area (Å²) >= 11 is 0. The lowest BCUT2D eigenvalue weighted by molar-refractivity contribution is -0.131. The molecule has 0 aliphatic carbocycles. The molecular weight excluding hydrogens is 679 g/mol. The van der Waals surface area contributed by atoms with Gasteiger partial charge in [0, 0.05) is 0 Å². The van der Waals surface area contributed by atoms with Crippen molar-refractivity contribution in [3.05, 3.63) is 36.5 Å². The minimum atomic E-state index is -1.11. The average molecular weight is 774 g/mol. The van der Waals surface area contributed by atoms with Crippen molar-refractivity contribution in [2.45, 2.75) is 270 Å². The molecule has 0 rings (SSSR count). The smallest absolute Gasteiger partial charge is 0.249 e. The molecule has 3 unspecified atom stereocenters. The molecule has 4 N–H and O–H groups in total. The van der Waals surface area contributed by atoms with E-state index in [1.807, 2.05) is 6.08 Å². The highest BCUT2D eigenvalue weighted by Gasteiger charge is 2.22. The predicted molar refractivity (Wildman–Crippen MR) is 241 cm³/mol. The minimum Gasteiger partial charge on any atom is -0.394 e. The zero-order valence-corrected chi connectivity index (χ0v) is 36.8. The van der Waals surface area contributed by atoms with Gasteiger partial charge in [-0.2, -0.15) is 0 Å². The van der Waals surface area contributed by atoms with Crippen LogP contribution in [0.25, 0.3) is 0 Å². The van der Waals surface area contributed by atoms with Crippen molar-refractivity contribution in [1.82, 2.24) is 5.32 Å². The number of amides is 1. The molecule has 0 saturated carbocycles. The Bertz CT molecular complexity index is 855. The topological polar surface area (TPSA) is 89.8 Å². The largest absolute Gasteiger partial charge is 0.394 e. The van der Waals surface area contributed by atoms with Crippen molar-refractivity contribution in [1.29, 1.82) is 0 Å². The Morgan fingerprint density at radius 3 is 1.11 bits per heavy atom. The van der Waals surface area contributed by atoms with Crippen LogP contribution < -0.4 is 5.32 Å². The third-order valence-corrected chi connectivity index (χ3v) is 11.2. The van der Waals surface area contributed by atoms with Gasteiger partial charge in [0.15, 0.2) is 0 Å². The summed E-state index contributed by atoms with van der Waals surface area (Å²) < 4.78 is 0. The second-order valence-corrected chi connectivity index (χ2v) is 16.7. The average Bonchev–Trinajstić information content (AvgIpc) is 3.19. The first kappa shape index (κ1) is 53.6. The van der Waals surface area contributed by atoms with Crippen molar-refractivity contribution in [3.8, 4) is 0 Å². The molecule has 0 aromatic rings. The van der Waals surface area contributed by atoms with Gasteiger partial charge in [0.05, 0.1) is 18.8 Å². The van der Waals surface area contributed by atoms with E-state index in [2.05, 4.69) is 43.5 Å². The van der Waals surface area contributed by atoms with Crippen LogP contribution in [-0.4, -0.2) is 46.1 Å². The third kappa shape index (κ3) is 40.6. The van der Waals surface area contributed by atoms with Gasteiger partial charge in [-0.15, -0.1) is 0 Å². The van der Waals surface area contributed by atoms with Crippen LogP contribution in [0.15, 0.2) is 36.5 Å². The highest BCUT2D eigenvalue weighted by atomic mass is 16.3. The molecule has 0 saturated heterocycles. The zero-order valence-electron chi connectivity index (χ0n) is 36.8. The standard InChI is InChI=1S/C50H95NO4/c1-3-5-7-9-11-13-15-17-19-21-23-25-27-29-31-33-35-37-39-41-43-45-49(54)50(55)51-47(46-52)48(53)44-42-40-38-36-34-32-30-28-26-24-22-20-18-16-14-12-10-8-6-4-2/h26,28,34,36,42,44,47-49,52-54H,3-25,27,29-33,35,37-41,43,45-46H2,1-2H3,(H,51,55)/b28-26+,36-34+,44-42+. The second-order valence-electron chi connectivity index (χ2n) is 16.7. The van der Waals surface area contributed by atoms with E-state index >= 15 is 0 Å². The molecule has 324 valence electrons. The molecule has 0 radical (unpaired) electrons. The molecule has 5 heteroatoms. The van der Waals surface area contributed by atoms with Gasteiger partial charge in [-0.05, 0) is 44.9 Å². The Balaban J connectivity index is 3.68. The van der Waals surface area contributed by atoms with E-state index in [1.165, 1.54) is 186 Å². The van der Waals surface area contributed by atoms with Gasteiger partial charge in [0.2, 0.25) is 5.91 Å². The van der Waals surface area contributed by atoms with E-state index in [4.69, 9.17) is 0 Å². The van der Waals surface area contributed by atoms with Crippen molar-refractivity contribution >= 4 is 5.91 Å². The lowest BCUT2D eigenvalue weighted by Crippen LogP contribution is -2.48. The van der Waals surface area contributed by atoms with Gasteiger partial charge in [-0.25, -0.2) is 0 Å². The molecule has 5 nitrogen and oxygen atoms in total. The molecular formula is C50H95NO4. The highest BCUT2D eigenvalue weighted by Crippen LogP contribution is 2.16. The summed E-state index contributed by atoms with van der Waals surface area (Å²) in [7, 11) is 0. The van der Waals surface area contributed by atoms with Crippen LogP contribution in [0.4, 0.5) is 0 Å². The van der Waals surface area contributed by atoms with Crippen molar-refractivity contribution in [3.63, 3.8) is 0 Å². The van der Waals surface area contributed by atoms with Crippen LogP contribution in [0.1, 0.15) is 251 Å². The van der Waals surface area contributed by atoms with Crippen molar-refractivity contribution in [2.24, 2.45) is 0 Å². The monoisotopic (exact) mass is 774 g/mol. The summed E-state index contributed by atoms with van der Waals surface area (Å²) in [4.78, 5) is 12.5. The number of aliphatic hydroxyl groups is 3. The number of hydrogen-bond donors (Lipinski definition) is 4. The fourth-order valence-electron chi connectivity index (χ4n) is 7.39. The van der Waals surface area contributed by atoms with Crippen LogP contribution in [0, 0.1) is 0 Å². The van der Waals surface area contributed by atoms with E-state index in [-0.39, 0.29) is 6.61 Å². The SMILES string of the molecule is CCCCCCCCCCCC/C=C/CC/C=C/CC/C=C/C(O)C(CO)NC(=O)C(O)CCCCCCCCCCCCCCCCCCCCCCC. The zero-order chi connectivity index (χ0) is 40.1. The molecule has 0 spiro atoms. The maximum atomic E-state index is 12.5. The molecule has 0 aliphatic heterocycles. The Morgan fingerprint density at radius 2 is 0.745 bits per heavy atom. The van der Waals surface area contributed by atoms with Crippen molar-refractivity contribution < 1.29 is 20.1 Å². The quantitative estimate of drug-likeness (QED) is 0.0367. The van der Waals surface area contributed by atoms with Crippen LogP contribution in [0.5, 0.6) is 0 Å². The third-order valence-electron chi connectivity index (χ3n) is 11.2. The van der Waals surface area contributed by atoms with Gasteiger partial charge in [0.25, 0.3) is 0 Å². The van der Waals surface area contributed by atoms with E-state index in [0.29, 0.717) is 6.42 Å². The maximum absolute atomic E-state index is 12.5. The lowest BCUT2D eigenvalue weighted by Gasteiger charge is -2.21. The van der Waals surface area contributed by atoms with E-state index in [9.17, 15) is 20.1 Å². The lowest BCUT2D eigenvalue weighted by atomic mass is 10.0. The van der Waals surface area contributed by atoms with E-state index in [1.54, 1.807) is 6.08 Å². The number of unbranched alkanes of at least 4 members (excludes halogenated alkanes) is 32. The van der Waals surface area contributed by atoms with Gasteiger partial charge < -0.3 is 20.6 Å². The maximum Gasteiger partial charge on any atom is 0.249 e. The van der Waals surface area contributed by atoms with Gasteiger partial charge >= 0.3 is 0 Å². The molecule has 0 fully saturated rings. The molecule has 55 heavy (non-hydrogen) atoms. The molecule has 3 atom stereocenters. The number of hydrogen-bond acceptors (Lipinski definition) is 4. The fourth-order valence-corrected chi connectivity index (χ4v) is 7.39. The van der Waals surface area contributed by atoms with E-state index in [0.717, 1.165) is 44.9 Å². The number of nitrogens with one attached hydrogen (secondary N) is 1. The van der Waals surface area contributed by atoms with Gasteiger partial charge in [0.1, 0.15) is 6.10 Å². The summed E-state index contributed by atoms with van der Waals surface area (Å²) in [5, 5.41) is 33.2. The summed E-state index contributed by atoms with van der Waals surface area (Å²) in [6.07, 6.45) is 57.6. The summed E-state index contributed by atoms with van der Waals surface area (Å²) in [6.45, 7) is 4.18. The van der Waals surface area contributed by atoms with Crippen LogP contribution in [0.3, 0.4) is 0 Å². The molecule has 0 heterocycles. The summed E-state index contributed by atoms with van der Waals surface area (Å²) in [5.74, 6) is -0.514. The Kier molecular flexibility index (Phi) is 44.1. The predicted octanol–water partition coefficient (Wildman–Crippen LogP) is 14.3.